The van der Waals surface area contributed by atoms with Crippen LogP contribution in [0.1, 0.15) is 31.1 Å². The molecule has 1 saturated heterocycles. The zero-order valence-corrected chi connectivity index (χ0v) is 18.6. The largest absolute Gasteiger partial charge is 0.461 e. The Kier molecular flexibility index (Phi) is 6.34. The molecule has 2 aromatic carbocycles. The fourth-order valence-corrected chi connectivity index (χ4v) is 5.23. The second kappa shape index (κ2) is 9.18. The number of β-lactam (4-membered cyclic amide) rings is 1. The molecule has 166 valence electrons. The summed E-state index contributed by atoms with van der Waals surface area (Å²) in [6.07, 6.45) is -0.666. The number of thioether (sulfide) groups is 1. The number of amides is 1. The summed E-state index contributed by atoms with van der Waals surface area (Å²) in [5, 5.41) is -0.530. The van der Waals surface area contributed by atoms with Crippen molar-refractivity contribution < 1.29 is 23.9 Å². The Bertz CT molecular complexity index is 1020. The lowest BCUT2D eigenvalue weighted by Gasteiger charge is -2.50. The molecule has 1 unspecified atom stereocenters. The summed E-state index contributed by atoms with van der Waals surface area (Å²) in [5.74, 6) is -1.47. The topological polar surface area (TPSA) is 98.9 Å². The number of hydrogen-bond acceptors (Lipinski definition) is 7. The molecule has 8 heteroatoms. The molecular formula is C24H24N2O5S. The SMILES string of the molecule is CC(=O)OCC1=C(C(=O)OC(c2ccccc2)c2ccccc2)N2C(=O)C(N)[C@@H]2S[C@H]1C. The normalized spacial score (nSPS) is 22.3. The van der Waals surface area contributed by atoms with E-state index in [0.717, 1.165) is 11.1 Å². The van der Waals surface area contributed by atoms with Crippen LogP contribution in [-0.4, -0.2) is 46.0 Å². The van der Waals surface area contributed by atoms with Gasteiger partial charge in [0.15, 0.2) is 6.10 Å². The standard InChI is InChI=1S/C24H24N2O5S/c1-14-18(13-30-15(2)27)20(26-22(28)19(25)23(26)32-14)24(29)31-21(16-9-5-3-6-10-16)17-11-7-4-8-12-17/h3-12,14,19,21,23H,13,25H2,1-2H3/t14-,19?,23-/m0/s1. The number of fused-ring (bicyclic) bond motifs is 1. The quantitative estimate of drug-likeness (QED) is 0.531. The van der Waals surface area contributed by atoms with Gasteiger partial charge in [-0.25, -0.2) is 4.79 Å². The van der Waals surface area contributed by atoms with E-state index in [1.165, 1.54) is 23.6 Å². The first kappa shape index (κ1) is 22.1. The molecular weight excluding hydrogens is 428 g/mol. The van der Waals surface area contributed by atoms with Crippen molar-refractivity contribution in [3.8, 4) is 0 Å². The maximum absolute atomic E-state index is 13.5. The van der Waals surface area contributed by atoms with Gasteiger partial charge < -0.3 is 15.2 Å². The highest BCUT2D eigenvalue weighted by Gasteiger charge is 2.54. The van der Waals surface area contributed by atoms with Gasteiger partial charge in [-0.05, 0) is 18.1 Å². The van der Waals surface area contributed by atoms with Crippen molar-refractivity contribution >= 4 is 29.6 Å². The average Bonchev–Trinajstić information content (AvgIpc) is 2.81. The number of benzene rings is 2. The number of nitrogens with two attached hydrogens (primary N) is 1. The van der Waals surface area contributed by atoms with E-state index in [4.69, 9.17) is 15.2 Å². The second-order valence-corrected chi connectivity index (χ2v) is 9.13. The summed E-state index contributed by atoms with van der Waals surface area (Å²) in [4.78, 5) is 38.9. The number of nitrogens with zero attached hydrogens (tertiary/aromatic N) is 1. The zero-order valence-electron chi connectivity index (χ0n) is 17.8. The Morgan fingerprint density at radius 2 is 1.62 bits per heavy atom. The van der Waals surface area contributed by atoms with Crippen molar-refractivity contribution in [1.29, 1.82) is 0 Å². The molecule has 1 fully saturated rings. The Morgan fingerprint density at radius 1 is 1.06 bits per heavy atom. The Balaban J connectivity index is 1.72. The summed E-state index contributed by atoms with van der Waals surface area (Å²) in [6.45, 7) is 3.10. The second-order valence-electron chi connectivity index (χ2n) is 7.66. The van der Waals surface area contributed by atoms with Gasteiger partial charge in [0.2, 0.25) is 5.91 Å². The van der Waals surface area contributed by atoms with Crippen molar-refractivity contribution in [2.75, 3.05) is 6.61 Å². The molecule has 0 aliphatic carbocycles. The van der Waals surface area contributed by atoms with Crippen LogP contribution in [-0.2, 0) is 23.9 Å². The first-order valence-corrected chi connectivity index (χ1v) is 11.2. The maximum Gasteiger partial charge on any atom is 0.356 e. The summed E-state index contributed by atoms with van der Waals surface area (Å²) in [7, 11) is 0. The van der Waals surface area contributed by atoms with Gasteiger partial charge in [-0.2, -0.15) is 0 Å². The number of rotatable bonds is 6. The van der Waals surface area contributed by atoms with Crippen molar-refractivity contribution in [1.82, 2.24) is 4.90 Å². The summed E-state index contributed by atoms with van der Waals surface area (Å²) in [5.41, 5.74) is 8.23. The number of esters is 2. The number of ether oxygens (including phenoxy) is 2. The molecule has 0 radical (unpaired) electrons. The van der Waals surface area contributed by atoms with Crippen LogP contribution in [0, 0.1) is 0 Å². The predicted molar refractivity (Wildman–Crippen MR) is 120 cm³/mol. The van der Waals surface area contributed by atoms with Crippen LogP contribution in [0.2, 0.25) is 0 Å². The molecule has 4 rings (SSSR count). The van der Waals surface area contributed by atoms with E-state index in [9.17, 15) is 14.4 Å². The van der Waals surface area contributed by atoms with Crippen LogP contribution in [0.3, 0.4) is 0 Å². The fraction of sp³-hybridized carbons (Fsp3) is 0.292. The van der Waals surface area contributed by atoms with Gasteiger partial charge in [-0.1, -0.05) is 60.7 Å². The van der Waals surface area contributed by atoms with E-state index in [2.05, 4.69) is 0 Å². The maximum atomic E-state index is 13.5. The van der Waals surface area contributed by atoms with E-state index < -0.39 is 24.1 Å². The molecule has 2 aromatic rings. The van der Waals surface area contributed by atoms with Crippen LogP contribution < -0.4 is 5.73 Å². The van der Waals surface area contributed by atoms with Gasteiger partial charge in [0.05, 0.1) is 0 Å². The van der Waals surface area contributed by atoms with Crippen molar-refractivity contribution in [3.63, 3.8) is 0 Å². The summed E-state index contributed by atoms with van der Waals surface area (Å²) >= 11 is 1.46. The molecule has 0 aromatic heterocycles. The Labute approximate surface area is 190 Å². The monoisotopic (exact) mass is 452 g/mol. The third-order valence-corrected chi connectivity index (χ3v) is 6.99. The molecule has 32 heavy (non-hydrogen) atoms. The Hall–Kier alpha value is -3.10. The molecule has 2 aliphatic rings. The average molecular weight is 453 g/mol. The molecule has 7 nitrogen and oxygen atoms in total. The first-order valence-electron chi connectivity index (χ1n) is 10.3. The van der Waals surface area contributed by atoms with Crippen LogP contribution in [0.25, 0.3) is 0 Å². The lowest BCUT2D eigenvalue weighted by Crippen LogP contribution is -2.69. The van der Waals surface area contributed by atoms with Crippen molar-refractivity contribution in [3.05, 3.63) is 83.1 Å². The molecule has 0 saturated carbocycles. The zero-order chi connectivity index (χ0) is 22.8. The van der Waals surface area contributed by atoms with Gasteiger partial charge in [0.1, 0.15) is 23.7 Å². The van der Waals surface area contributed by atoms with Gasteiger partial charge >= 0.3 is 11.9 Å². The molecule has 2 heterocycles. The molecule has 2 aliphatic heterocycles. The summed E-state index contributed by atoms with van der Waals surface area (Å²) < 4.78 is 11.2. The predicted octanol–water partition coefficient (Wildman–Crippen LogP) is 2.77. The third kappa shape index (κ3) is 4.16. The lowest BCUT2D eigenvalue weighted by atomic mass is 10.00. The van der Waals surface area contributed by atoms with Gasteiger partial charge in [-0.15, -0.1) is 11.8 Å². The smallest absolute Gasteiger partial charge is 0.356 e. The van der Waals surface area contributed by atoms with Crippen LogP contribution in [0.4, 0.5) is 0 Å². The minimum atomic E-state index is -0.681. The van der Waals surface area contributed by atoms with Crippen LogP contribution >= 0.6 is 11.8 Å². The van der Waals surface area contributed by atoms with E-state index in [0.29, 0.717) is 5.57 Å². The van der Waals surface area contributed by atoms with Crippen LogP contribution in [0.5, 0.6) is 0 Å². The number of carbonyl (C=O) groups is 3. The molecule has 1 amide bonds. The van der Waals surface area contributed by atoms with Gasteiger partial charge in [-0.3, -0.25) is 14.5 Å². The molecule has 0 spiro atoms. The van der Waals surface area contributed by atoms with E-state index in [1.807, 2.05) is 67.6 Å². The highest BCUT2D eigenvalue weighted by Crippen LogP contribution is 2.44. The molecule has 2 N–H and O–H groups in total. The lowest BCUT2D eigenvalue weighted by molar-refractivity contribution is -0.153. The fourth-order valence-electron chi connectivity index (χ4n) is 3.85. The van der Waals surface area contributed by atoms with E-state index >= 15 is 0 Å². The van der Waals surface area contributed by atoms with Crippen molar-refractivity contribution in [2.24, 2.45) is 5.73 Å². The highest BCUT2D eigenvalue weighted by atomic mass is 32.2. The highest BCUT2D eigenvalue weighted by molar-refractivity contribution is 8.00. The first-order chi connectivity index (χ1) is 15.4. The van der Waals surface area contributed by atoms with E-state index in [-0.39, 0.29) is 28.8 Å². The molecule has 0 bridgehead atoms. The van der Waals surface area contributed by atoms with Gasteiger partial charge in [0.25, 0.3) is 0 Å². The van der Waals surface area contributed by atoms with Crippen LogP contribution in [0.15, 0.2) is 71.9 Å². The summed E-state index contributed by atoms with van der Waals surface area (Å²) in [6, 6.07) is 18.1. The van der Waals surface area contributed by atoms with Gasteiger partial charge in [0, 0.05) is 17.7 Å². The third-order valence-electron chi connectivity index (χ3n) is 5.52. The Morgan fingerprint density at radius 3 is 2.16 bits per heavy atom. The number of hydrogen-bond donors (Lipinski definition) is 1. The minimum Gasteiger partial charge on any atom is -0.461 e. The molecule has 3 atom stereocenters. The minimum absolute atomic E-state index is 0.0962. The van der Waals surface area contributed by atoms with E-state index in [1.54, 1.807) is 0 Å². The van der Waals surface area contributed by atoms with Crippen molar-refractivity contribution in [2.45, 2.75) is 36.6 Å². The number of carbonyl (C=O) groups excluding carboxylic acids is 3.